The van der Waals surface area contributed by atoms with Crippen LogP contribution in [0.5, 0.6) is 0 Å². The summed E-state index contributed by atoms with van der Waals surface area (Å²) >= 11 is 5.97. The van der Waals surface area contributed by atoms with Crippen molar-refractivity contribution in [3.05, 3.63) is 40.8 Å². The van der Waals surface area contributed by atoms with Gasteiger partial charge in [-0.25, -0.2) is 4.98 Å². The fourth-order valence-corrected chi connectivity index (χ4v) is 1.76. The van der Waals surface area contributed by atoms with Gasteiger partial charge in [0.25, 0.3) is 0 Å². The van der Waals surface area contributed by atoms with Crippen molar-refractivity contribution in [2.45, 2.75) is 20.4 Å². The van der Waals surface area contributed by atoms with E-state index >= 15 is 0 Å². The van der Waals surface area contributed by atoms with Crippen LogP contribution in [0.15, 0.2) is 24.5 Å². The van der Waals surface area contributed by atoms with E-state index in [1.807, 2.05) is 36.9 Å². The lowest BCUT2D eigenvalue weighted by molar-refractivity contribution is 0.679. The first-order chi connectivity index (χ1) is 8.19. The van der Waals surface area contributed by atoms with Crippen molar-refractivity contribution in [1.29, 1.82) is 0 Å². The molecular weight excluding hydrogens is 236 g/mol. The highest BCUT2D eigenvalue weighted by molar-refractivity contribution is 6.31. The molecule has 0 spiro atoms. The predicted molar refractivity (Wildman–Crippen MR) is 69.5 cm³/mol. The summed E-state index contributed by atoms with van der Waals surface area (Å²) in [6, 6.07) is 4.00. The van der Waals surface area contributed by atoms with E-state index in [-0.39, 0.29) is 0 Å². The summed E-state index contributed by atoms with van der Waals surface area (Å²) < 4.78 is 1.84. The van der Waals surface area contributed by atoms with E-state index in [2.05, 4.69) is 15.4 Å². The maximum Gasteiger partial charge on any atom is 0.126 e. The number of halogens is 1. The lowest BCUT2D eigenvalue weighted by Crippen LogP contribution is -2.03. The number of rotatable bonds is 4. The van der Waals surface area contributed by atoms with E-state index in [0.29, 0.717) is 11.6 Å². The molecule has 90 valence electrons. The van der Waals surface area contributed by atoms with Crippen molar-refractivity contribution in [1.82, 2.24) is 14.8 Å². The number of hydrogen-bond donors (Lipinski definition) is 1. The molecule has 1 N–H and O–H groups in total. The van der Waals surface area contributed by atoms with Gasteiger partial charge in [0, 0.05) is 18.9 Å². The van der Waals surface area contributed by atoms with Crippen molar-refractivity contribution in [2.24, 2.45) is 0 Å². The van der Waals surface area contributed by atoms with Crippen LogP contribution in [-0.4, -0.2) is 21.3 Å². The Labute approximate surface area is 106 Å². The largest absolute Gasteiger partial charge is 0.370 e. The number of hydrogen-bond acceptors (Lipinski definition) is 3. The standard InChI is InChI=1S/C12H15ClN4/c1-3-14-12-6-10(4-5-15-12)7-17-8-11(13)9(2)16-17/h4-6,8H,3,7H2,1-2H3,(H,14,15). The summed E-state index contributed by atoms with van der Waals surface area (Å²) in [6.07, 6.45) is 3.63. The quantitative estimate of drug-likeness (QED) is 0.907. The van der Waals surface area contributed by atoms with Crippen molar-refractivity contribution in [2.75, 3.05) is 11.9 Å². The minimum Gasteiger partial charge on any atom is -0.370 e. The number of aryl methyl sites for hydroxylation is 1. The Hall–Kier alpha value is -1.55. The second-order valence-corrected chi connectivity index (χ2v) is 4.25. The topological polar surface area (TPSA) is 42.7 Å². The van der Waals surface area contributed by atoms with Gasteiger partial charge in [-0.2, -0.15) is 5.10 Å². The van der Waals surface area contributed by atoms with Gasteiger partial charge in [-0.3, -0.25) is 4.68 Å². The first-order valence-corrected chi connectivity index (χ1v) is 5.95. The van der Waals surface area contributed by atoms with Gasteiger partial charge in [0.2, 0.25) is 0 Å². The van der Waals surface area contributed by atoms with Gasteiger partial charge in [-0.15, -0.1) is 0 Å². The molecule has 4 nitrogen and oxygen atoms in total. The number of aromatic nitrogens is 3. The Morgan fingerprint density at radius 1 is 1.47 bits per heavy atom. The average Bonchev–Trinajstić information content (AvgIpc) is 2.59. The molecule has 2 heterocycles. The van der Waals surface area contributed by atoms with E-state index in [4.69, 9.17) is 11.6 Å². The molecule has 17 heavy (non-hydrogen) atoms. The molecule has 5 heteroatoms. The van der Waals surface area contributed by atoms with Crippen LogP contribution in [0.3, 0.4) is 0 Å². The van der Waals surface area contributed by atoms with Gasteiger partial charge in [0.15, 0.2) is 0 Å². The first kappa shape index (κ1) is 11.9. The van der Waals surface area contributed by atoms with E-state index in [1.54, 1.807) is 6.20 Å². The molecule has 0 saturated heterocycles. The molecule has 0 saturated carbocycles. The maximum absolute atomic E-state index is 5.97. The minimum atomic E-state index is 0.700. The van der Waals surface area contributed by atoms with Gasteiger partial charge in [-0.1, -0.05) is 11.6 Å². The fourth-order valence-electron chi connectivity index (χ4n) is 1.61. The van der Waals surface area contributed by atoms with Crippen LogP contribution in [0.25, 0.3) is 0 Å². The number of nitrogens with zero attached hydrogens (tertiary/aromatic N) is 3. The van der Waals surface area contributed by atoms with Crippen LogP contribution in [0.2, 0.25) is 5.02 Å². The van der Waals surface area contributed by atoms with Gasteiger partial charge in [0.05, 0.1) is 17.3 Å². The third-order valence-corrected chi connectivity index (χ3v) is 2.78. The second-order valence-electron chi connectivity index (χ2n) is 3.84. The van der Waals surface area contributed by atoms with Crippen molar-refractivity contribution >= 4 is 17.4 Å². The molecule has 2 aromatic rings. The van der Waals surface area contributed by atoms with Gasteiger partial charge in [0.1, 0.15) is 5.82 Å². The highest BCUT2D eigenvalue weighted by Crippen LogP contribution is 2.14. The zero-order valence-corrected chi connectivity index (χ0v) is 10.7. The van der Waals surface area contributed by atoms with Crippen molar-refractivity contribution in [3.63, 3.8) is 0 Å². The van der Waals surface area contributed by atoms with Gasteiger partial charge < -0.3 is 5.32 Å². The molecule has 0 aliphatic heterocycles. The second kappa shape index (κ2) is 5.19. The summed E-state index contributed by atoms with van der Waals surface area (Å²) in [6.45, 7) is 5.51. The Balaban J connectivity index is 2.15. The molecule has 0 bridgehead atoms. The summed E-state index contributed by atoms with van der Waals surface area (Å²) in [4.78, 5) is 4.23. The van der Waals surface area contributed by atoms with Crippen LogP contribution in [0.1, 0.15) is 18.2 Å². The number of nitrogens with one attached hydrogen (secondary N) is 1. The normalized spacial score (nSPS) is 10.5. The van der Waals surface area contributed by atoms with Crippen LogP contribution in [0, 0.1) is 6.92 Å². The number of pyridine rings is 1. The van der Waals surface area contributed by atoms with Crippen molar-refractivity contribution < 1.29 is 0 Å². The molecular formula is C12H15ClN4. The lowest BCUT2D eigenvalue weighted by atomic mass is 10.2. The van der Waals surface area contributed by atoms with Crippen LogP contribution in [0.4, 0.5) is 5.82 Å². The summed E-state index contributed by atoms with van der Waals surface area (Å²) in [5, 5.41) is 8.21. The van der Waals surface area contributed by atoms with Crippen LogP contribution in [-0.2, 0) is 6.54 Å². The van der Waals surface area contributed by atoms with E-state index < -0.39 is 0 Å². The number of anilines is 1. The Bertz CT molecular complexity index is 487. The van der Waals surface area contributed by atoms with E-state index in [1.165, 1.54) is 0 Å². The third kappa shape index (κ3) is 2.97. The zero-order valence-electron chi connectivity index (χ0n) is 9.94. The molecule has 0 aliphatic rings. The molecule has 2 aromatic heterocycles. The molecule has 2 rings (SSSR count). The first-order valence-electron chi connectivity index (χ1n) is 5.57. The third-order valence-electron chi connectivity index (χ3n) is 2.41. The SMILES string of the molecule is CCNc1cc(Cn2cc(Cl)c(C)n2)ccn1. The van der Waals surface area contributed by atoms with Crippen LogP contribution >= 0.6 is 11.6 Å². The van der Waals surface area contributed by atoms with E-state index in [0.717, 1.165) is 23.6 Å². The minimum absolute atomic E-state index is 0.700. The highest BCUT2D eigenvalue weighted by Gasteiger charge is 2.03. The molecule has 0 radical (unpaired) electrons. The van der Waals surface area contributed by atoms with Crippen molar-refractivity contribution in [3.8, 4) is 0 Å². The Morgan fingerprint density at radius 2 is 2.29 bits per heavy atom. The van der Waals surface area contributed by atoms with Gasteiger partial charge >= 0.3 is 0 Å². The van der Waals surface area contributed by atoms with E-state index in [9.17, 15) is 0 Å². The Morgan fingerprint density at radius 3 is 2.94 bits per heavy atom. The molecule has 0 aromatic carbocycles. The zero-order chi connectivity index (χ0) is 12.3. The lowest BCUT2D eigenvalue weighted by Gasteiger charge is -2.05. The Kier molecular flexibility index (Phi) is 3.64. The summed E-state index contributed by atoms with van der Waals surface area (Å²) in [5.41, 5.74) is 2.00. The summed E-state index contributed by atoms with van der Waals surface area (Å²) in [5.74, 6) is 0.889. The average molecular weight is 251 g/mol. The van der Waals surface area contributed by atoms with Crippen LogP contribution < -0.4 is 5.32 Å². The molecule has 0 unspecified atom stereocenters. The highest BCUT2D eigenvalue weighted by atomic mass is 35.5. The molecule has 0 fully saturated rings. The smallest absolute Gasteiger partial charge is 0.126 e. The molecule has 0 amide bonds. The fraction of sp³-hybridized carbons (Fsp3) is 0.333. The summed E-state index contributed by atoms with van der Waals surface area (Å²) in [7, 11) is 0. The molecule has 0 aliphatic carbocycles. The predicted octanol–water partition coefficient (Wildman–Crippen LogP) is 2.72. The molecule has 0 atom stereocenters. The maximum atomic E-state index is 5.97. The monoisotopic (exact) mass is 250 g/mol. The van der Waals surface area contributed by atoms with Gasteiger partial charge in [-0.05, 0) is 31.5 Å².